The topological polar surface area (TPSA) is 63.5 Å². The van der Waals surface area contributed by atoms with E-state index in [4.69, 9.17) is 4.42 Å². The maximum absolute atomic E-state index is 13.7. The van der Waals surface area contributed by atoms with Crippen LogP contribution in [0.2, 0.25) is 0 Å². The van der Waals surface area contributed by atoms with Gasteiger partial charge in [-0.2, -0.15) is 8.78 Å². The minimum Gasteiger partial charge on any atom is -0.459 e. The van der Waals surface area contributed by atoms with Crippen LogP contribution in [0, 0.1) is 5.82 Å². The Kier molecular flexibility index (Phi) is 5.01. The molecule has 3 rings (SSSR count). The zero-order valence-electron chi connectivity index (χ0n) is 13.6. The summed E-state index contributed by atoms with van der Waals surface area (Å²) in [5.74, 6) is -1.04. The van der Waals surface area contributed by atoms with E-state index in [1.54, 1.807) is 6.92 Å². The second-order valence-electron chi connectivity index (χ2n) is 5.53. The van der Waals surface area contributed by atoms with Crippen molar-refractivity contribution < 1.29 is 27.1 Å². The van der Waals surface area contributed by atoms with Crippen molar-refractivity contribution in [1.29, 1.82) is 0 Å². The standard InChI is InChI=1S/C18H15F3N2O3/c1-10(16-8-11-4-2-3-5-14(11)25-16)22-18(24)23-12-6-7-15(13(19)9-12)26-17(20)21/h2-10,17H,1H3,(H2,22,23,24). The van der Waals surface area contributed by atoms with Gasteiger partial charge in [0.2, 0.25) is 0 Å². The van der Waals surface area contributed by atoms with E-state index in [1.165, 1.54) is 6.07 Å². The van der Waals surface area contributed by atoms with Crippen molar-refractivity contribution in [3.8, 4) is 5.75 Å². The molecule has 2 amide bonds. The number of benzene rings is 2. The number of hydrogen-bond donors (Lipinski definition) is 2. The molecule has 1 heterocycles. The molecule has 8 heteroatoms. The van der Waals surface area contributed by atoms with Crippen LogP contribution in [0.15, 0.2) is 52.9 Å². The Morgan fingerprint density at radius 1 is 1.15 bits per heavy atom. The number of carbonyl (C=O) groups excluding carboxylic acids is 1. The van der Waals surface area contributed by atoms with Crippen LogP contribution in [0.1, 0.15) is 18.7 Å². The summed E-state index contributed by atoms with van der Waals surface area (Å²) in [6, 6.07) is 11.4. The van der Waals surface area contributed by atoms with Gasteiger partial charge in [-0.1, -0.05) is 18.2 Å². The monoisotopic (exact) mass is 364 g/mol. The van der Waals surface area contributed by atoms with Crippen molar-refractivity contribution in [1.82, 2.24) is 5.32 Å². The molecular formula is C18H15F3N2O3. The second-order valence-corrected chi connectivity index (χ2v) is 5.53. The SMILES string of the molecule is CC(NC(=O)Nc1ccc(OC(F)F)c(F)c1)c1cc2ccccc2o1. The molecule has 0 radical (unpaired) electrons. The molecule has 26 heavy (non-hydrogen) atoms. The lowest BCUT2D eigenvalue weighted by Gasteiger charge is -2.13. The molecule has 136 valence electrons. The number of anilines is 1. The first-order valence-electron chi connectivity index (χ1n) is 7.73. The van der Waals surface area contributed by atoms with E-state index in [2.05, 4.69) is 15.4 Å². The largest absolute Gasteiger partial charge is 0.459 e. The molecule has 1 aromatic heterocycles. The van der Waals surface area contributed by atoms with Gasteiger partial charge >= 0.3 is 12.6 Å². The first kappa shape index (κ1) is 17.7. The van der Waals surface area contributed by atoms with Gasteiger partial charge in [0.25, 0.3) is 0 Å². The molecule has 0 saturated carbocycles. The molecular weight excluding hydrogens is 349 g/mol. The van der Waals surface area contributed by atoms with Gasteiger partial charge in [0.15, 0.2) is 11.6 Å². The van der Waals surface area contributed by atoms with Gasteiger partial charge < -0.3 is 19.8 Å². The number of urea groups is 1. The van der Waals surface area contributed by atoms with Gasteiger partial charge in [-0.05, 0) is 31.2 Å². The van der Waals surface area contributed by atoms with Crippen LogP contribution in [0.3, 0.4) is 0 Å². The number of hydrogen-bond acceptors (Lipinski definition) is 3. The lowest BCUT2D eigenvalue weighted by Crippen LogP contribution is -2.31. The Bertz CT molecular complexity index is 894. The molecule has 0 aliphatic carbocycles. The van der Waals surface area contributed by atoms with Crippen molar-refractivity contribution >= 4 is 22.7 Å². The Morgan fingerprint density at radius 2 is 1.92 bits per heavy atom. The predicted molar refractivity (Wildman–Crippen MR) is 89.8 cm³/mol. The number of nitrogens with one attached hydrogen (secondary N) is 2. The van der Waals surface area contributed by atoms with E-state index in [0.717, 1.165) is 17.5 Å². The van der Waals surface area contributed by atoms with E-state index < -0.39 is 30.3 Å². The molecule has 2 aromatic carbocycles. The van der Waals surface area contributed by atoms with Crippen LogP contribution >= 0.6 is 0 Å². The van der Waals surface area contributed by atoms with Gasteiger partial charge in [0.1, 0.15) is 11.3 Å². The van der Waals surface area contributed by atoms with Crippen LogP contribution in [0.25, 0.3) is 11.0 Å². The van der Waals surface area contributed by atoms with E-state index in [-0.39, 0.29) is 5.69 Å². The highest BCUT2D eigenvalue weighted by Gasteiger charge is 2.15. The van der Waals surface area contributed by atoms with Gasteiger partial charge in [-0.3, -0.25) is 0 Å². The molecule has 2 N–H and O–H groups in total. The number of halogens is 3. The molecule has 0 spiro atoms. The number of furan rings is 1. The Balaban J connectivity index is 1.63. The van der Waals surface area contributed by atoms with Gasteiger partial charge in [0, 0.05) is 17.1 Å². The second kappa shape index (κ2) is 7.38. The summed E-state index contributed by atoms with van der Waals surface area (Å²) < 4.78 is 47.6. The minimum absolute atomic E-state index is 0.0958. The fraction of sp³-hybridized carbons (Fsp3) is 0.167. The number of rotatable bonds is 5. The number of fused-ring (bicyclic) bond motifs is 1. The summed E-state index contributed by atoms with van der Waals surface area (Å²) >= 11 is 0. The van der Waals surface area contributed by atoms with Gasteiger partial charge in [-0.15, -0.1) is 0 Å². The number of alkyl halides is 2. The first-order valence-corrected chi connectivity index (χ1v) is 7.73. The molecule has 1 unspecified atom stereocenters. The summed E-state index contributed by atoms with van der Waals surface area (Å²) in [7, 11) is 0. The highest BCUT2D eigenvalue weighted by molar-refractivity contribution is 5.89. The first-order chi connectivity index (χ1) is 12.4. The molecule has 0 aliphatic rings. The van der Waals surface area contributed by atoms with E-state index >= 15 is 0 Å². The summed E-state index contributed by atoms with van der Waals surface area (Å²) in [5, 5.41) is 5.99. The number of para-hydroxylation sites is 1. The summed E-state index contributed by atoms with van der Waals surface area (Å²) in [6.45, 7) is -1.39. The van der Waals surface area contributed by atoms with E-state index in [9.17, 15) is 18.0 Å². The Labute approximate surface area is 146 Å². The lowest BCUT2D eigenvalue weighted by molar-refractivity contribution is -0.0521. The molecule has 0 saturated heterocycles. The highest BCUT2D eigenvalue weighted by Crippen LogP contribution is 2.25. The average Bonchev–Trinajstić information content (AvgIpc) is 3.01. The molecule has 0 fully saturated rings. The smallest absolute Gasteiger partial charge is 0.387 e. The quantitative estimate of drug-likeness (QED) is 0.665. The third-order valence-electron chi connectivity index (χ3n) is 3.62. The van der Waals surface area contributed by atoms with Crippen LogP contribution in [0.4, 0.5) is 23.7 Å². The average molecular weight is 364 g/mol. The van der Waals surface area contributed by atoms with Crippen LogP contribution < -0.4 is 15.4 Å². The van der Waals surface area contributed by atoms with Crippen LogP contribution in [-0.2, 0) is 0 Å². The fourth-order valence-corrected chi connectivity index (χ4v) is 2.42. The zero-order chi connectivity index (χ0) is 18.7. The third kappa shape index (κ3) is 4.08. The minimum atomic E-state index is -3.13. The number of amides is 2. The lowest BCUT2D eigenvalue weighted by atomic mass is 10.2. The molecule has 3 aromatic rings. The van der Waals surface area contributed by atoms with Crippen molar-refractivity contribution in [2.75, 3.05) is 5.32 Å². The summed E-state index contributed by atoms with van der Waals surface area (Å²) in [6.07, 6.45) is 0. The number of carbonyl (C=O) groups is 1. The third-order valence-corrected chi connectivity index (χ3v) is 3.62. The molecule has 0 bridgehead atoms. The Hall–Kier alpha value is -3.16. The van der Waals surface area contributed by atoms with Crippen molar-refractivity contribution in [3.05, 3.63) is 60.1 Å². The molecule has 1 atom stereocenters. The maximum Gasteiger partial charge on any atom is 0.387 e. The predicted octanol–water partition coefficient (Wildman–Crippen LogP) is 5.06. The van der Waals surface area contributed by atoms with Crippen molar-refractivity contribution in [3.63, 3.8) is 0 Å². The zero-order valence-corrected chi connectivity index (χ0v) is 13.6. The highest BCUT2D eigenvalue weighted by atomic mass is 19.3. The maximum atomic E-state index is 13.7. The molecule has 5 nitrogen and oxygen atoms in total. The van der Waals surface area contributed by atoms with E-state index in [1.807, 2.05) is 30.3 Å². The van der Waals surface area contributed by atoms with Crippen molar-refractivity contribution in [2.45, 2.75) is 19.6 Å². The number of ether oxygens (including phenoxy) is 1. The van der Waals surface area contributed by atoms with Gasteiger partial charge in [-0.25, -0.2) is 9.18 Å². The van der Waals surface area contributed by atoms with E-state index in [0.29, 0.717) is 11.3 Å². The summed E-state index contributed by atoms with van der Waals surface area (Å²) in [4.78, 5) is 12.0. The normalized spacial score (nSPS) is 12.2. The summed E-state index contributed by atoms with van der Waals surface area (Å²) in [5.41, 5.74) is 0.798. The fourth-order valence-electron chi connectivity index (χ4n) is 2.42. The van der Waals surface area contributed by atoms with Gasteiger partial charge in [0.05, 0.1) is 6.04 Å². The van der Waals surface area contributed by atoms with Crippen LogP contribution in [-0.4, -0.2) is 12.6 Å². The van der Waals surface area contributed by atoms with Crippen LogP contribution in [0.5, 0.6) is 5.75 Å². The van der Waals surface area contributed by atoms with Crippen molar-refractivity contribution in [2.24, 2.45) is 0 Å². The molecule has 0 aliphatic heterocycles. The Morgan fingerprint density at radius 3 is 2.62 bits per heavy atom.